The van der Waals surface area contributed by atoms with Crippen molar-refractivity contribution in [3.63, 3.8) is 0 Å². The molecule has 180 valence electrons. The van der Waals surface area contributed by atoms with Crippen molar-refractivity contribution in [3.8, 4) is 11.3 Å². The molecule has 4 aromatic carbocycles. The van der Waals surface area contributed by atoms with E-state index in [1.165, 1.54) is 4.70 Å². The quantitative estimate of drug-likeness (QED) is 0.131. The van der Waals surface area contributed by atoms with Crippen LogP contribution in [-0.2, 0) is 5.75 Å². The summed E-state index contributed by atoms with van der Waals surface area (Å²) in [5, 5.41) is 5.34. The van der Waals surface area contributed by atoms with Gasteiger partial charge in [-0.05, 0) is 41.5 Å². The summed E-state index contributed by atoms with van der Waals surface area (Å²) in [5.41, 5.74) is 9.39. The molecule has 2 heterocycles. The van der Waals surface area contributed by atoms with Gasteiger partial charge in [0.2, 0.25) is 0 Å². The Kier molecular flexibility index (Phi) is 6.54. The zero-order chi connectivity index (χ0) is 25.0. The van der Waals surface area contributed by atoms with E-state index in [9.17, 15) is 4.79 Å². The Labute approximate surface area is 222 Å². The fourth-order valence-electron chi connectivity index (χ4n) is 4.16. The molecule has 37 heavy (non-hydrogen) atoms. The van der Waals surface area contributed by atoms with E-state index < -0.39 is 0 Å². The number of amides is 1. The molecule has 0 saturated heterocycles. The molecule has 1 amide bonds. The SMILES string of the molecule is O=C(NN=Cc1c(-c2ccccc2)[nH]c2ccccc12)c1ccc(CSc2nc3ccccc3s2)cc1. The average Bonchev–Trinajstić information content (AvgIpc) is 3.54. The van der Waals surface area contributed by atoms with Gasteiger partial charge < -0.3 is 4.98 Å². The van der Waals surface area contributed by atoms with Crippen LogP contribution in [0.3, 0.4) is 0 Å². The van der Waals surface area contributed by atoms with Gasteiger partial charge >= 0.3 is 0 Å². The van der Waals surface area contributed by atoms with Crippen molar-refractivity contribution >= 4 is 56.3 Å². The first-order valence-electron chi connectivity index (χ1n) is 11.8. The Hall–Kier alpha value is -4.20. The number of para-hydroxylation sites is 2. The number of fused-ring (bicyclic) bond motifs is 2. The number of hydrazone groups is 1. The molecule has 0 aliphatic carbocycles. The average molecular weight is 519 g/mol. The molecule has 0 atom stereocenters. The predicted molar refractivity (Wildman–Crippen MR) is 154 cm³/mol. The molecule has 6 aromatic rings. The first-order chi connectivity index (χ1) is 18.2. The summed E-state index contributed by atoms with van der Waals surface area (Å²) in [7, 11) is 0. The van der Waals surface area contributed by atoms with Gasteiger partial charge in [-0.15, -0.1) is 11.3 Å². The monoisotopic (exact) mass is 518 g/mol. The summed E-state index contributed by atoms with van der Waals surface area (Å²) < 4.78 is 2.24. The van der Waals surface area contributed by atoms with E-state index in [1.807, 2.05) is 84.9 Å². The molecule has 0 saturated carbocycles. The van der Waals surface area contributed by atoms with Gasteiger partial charge in [-0.2, -0.15) is 5.10 Å². The van der Waals surface area contributed by atoms with Gasteiger partial charge in [-0.1, -0.05) is 84.6 Å². The van der Waals surface area contributed by atoms with Gasteiger partial charge in [-0.3, -0.25) is 4.79 Å². The van der Waals surface area contributed by atoms with E-state index in [1.54, 1.807) is 29.3 Å². The van der Waals surface area contributed by atoms with Crippen LogP contribution in [0.1, 0.15) is 21.5 Å². The molecule has 0 fully saturated rings. The zero-order valence-corrected chi connectivity index (χ0v) is 21.4. The van der Waals surface area contributed by atoms with Crippen LogP contribution in [0.2, 0.25) is 0 Å². The van der Waals surface area contributed by atoms with Crippen LogP contribution in [-0.4, -0.2) is 22.1 Å². The minimum absolute atomic E-state index is 0.247. The Bertz CT molecular complexity index is 1690. The van der Waals surface area contributed by atoms with E-state index in [0.717, 1.165) is 48.9 Å². The fraction of sp³-hybridized carbons (Fsp3) is 0.0333. The number of H-pyrrole nitrogens is 1. The number of nitrogens with zero attached hydrogens (tertiary/aromatic N) is 2. The van der Waals surface area contributed by atoms with Crippen molar-refractivity contribution in [1.82, 2.24) is 15.4 Å². The zero-order valence-electron chi connectivity index (χ0n) is 19.7. The summed E-state index contributed by atoms with van der Waals surface area (Å²) >= 11 is 3.41. The van der Waals surface area contributed by atoms with Crippen LogP contribution in [0.4, 0.5) is 0 Å². The minimum Gasteiger partial charge on any atom is -0.354 e. The topological polar surface area (TPSA) is 70.1 Å². The number of rotatable bonds is 7. The van der Waals surface area contributed by atoms with Crippen LogP contribution in [0.5, 0.6) is 0 Å². The summed E-state index contributed by atoms with van der Waals surface area (Å²) in [5.74, 6) is 0.547. The summed E-state index contributed by atoms with van der Waals surface area (Å²) in [6.07, 6.45) is 1.71. The molecular formula is C30H22N4OS2. The number of carbonyl (C=O) groups excluding carboxylic acids is 1. The molecule has 2 aromatic heterocycles. The highest BCUT2D eigenvalue weighted by Crippen LogP contribution is 2.31. The van der Waals surface area contributed by atoms with Crippen molar-refractivity contribution in [2.75, 3.05) is 0 Å². The third-order valence-corrected chi connectivity index (χ3v) is 8.27. The molecule has 0 radical (unpaired) electrons. The van der Waals surface area contributed by atoms with Gasteiger partial charge in [0, 0.05) is 27.8 Å². The lowest BCUT2D eigenvalue weighted by molar-refractivity contribution is 0.0955. The number of benzene rings is 4. The highest BCUT2D eigenvalue weighted by molar-refractivity contribution is 8.00. The molecule has 0 spiro atoms. The Morgan fingerprint density at radius 3 is 2.51 bits per heavy atom. The van der Waals surface area contributed by atoms with Crippen molar-refractivity contribution in [3.05, 3.63) is 120 Å². The van der Waals surface area contributed by atoms with Crippen molar-refractivity contribution in [1.29, 1.82) is 0 Å². The summed E-state index contributed by atoms with van der Waals surface area (Å²) in [6, 6.07) is 34.0. The minimum atomic E-state index is -0.247. The number of hydrogen-bond donors (Lipinski definition) is 2. The molecule has 0 aliphatic heterocycles. The lowest BCUT2D eigenvalue weighted by Gasteiger charge is -2.03. The van der Waals surface area contributed by atoms with Crippen LogP contribution in [0, 0.1) is 0 Å². The van der Waals surface area contributed by atoms with Crippen molar-refractivity contribution in [2.24, 2.45) is 5.10 Å². The largest absolute Gasteiger partial charge is 0.354 e. The Morgan fingerprint density at radius 2 is 1.68 bits per heavy atom. The second kappa shape index (κ2) is 10.4. The van der Waals surface area contributed by atoms with Gasteiger partial charge in [0.05, 0.1) is 22.1 Å². The number of thiazole rings is 1. The normalized spacial score (nSPS) is 11.5. The maximum atomic E-state index is 12.7. The first-order valence-corrected chi connectivity index (χ1v) is 13.6. The van der Waals surface area contributed by atoms with Crippen molar-refractivity contribution in [2.45, 2.75) is 10.1 Å². The molecule has 7 heteroatoms. The van der Waals surface area contributed by atoms with E-state index in [-0.39, 0.29) is 5.91 Å². The molecule has 2 N–H and O–H groups in total. The molecule has 0 unspecified atom stereocenters. The van der Waals surface area contributed by atoms with Crippen LogP contribution >= 0.6 is 23.1 Å². The van der Waals surface area contributed by atoms with E-state index in [0.29, 0.717) is 5.56 Å². The number of carbonyl (C=O) groups is 1. The van der Waals surface area contributed by atoms with Crippen LogP contribution in [0.25, 0.3) is 32.4 Å². The second-order valence-electron chi connectivity index (χ2n) is 8.46. The molecule has 0 bridgehead atoms. The maximum absolute atomic E-state index is 12.7. The van der Waals surface area contributed by atoms with Gasteiger partial charge in [0.1, 0.15) is 0 Å². The van der Waals surface area contributed by atoms with E-state index >= 15 is 0 Å². The number of aromatic nitrogens is 2. The molecule has 0 aliphatic rings. The maximum Gasteiger partial charge on any atom is 0.271 e. The van der Waals surface area contributed by atoms with Crippen LogP contribution < -0.4 is 5.43 Å². The van der Waals surface area contributed by atoms with Crippen LogP contribution in [0.15, 0.2) is 113 Å². The molecule has 5 nitrogen and oxygen atoms in total. The number of nitrogens with one attached hydrogen (secondary N) is 2. The number of hydrogen-bond acceptors (Lipinski definition) is 5. The first kappa shape index (κ1) is 23.2. The predicted octanol–water partition coefficient (Wildman–Crippen LogP) is 7.50. The van der Waals surface area contributed by atoms with Gasteiger partial charge in [0.15, 0.2) is 4.34 Å². The van der Waals surface area contributed by atoms with E-state index in [4.69, 9.17) is 0 Å². The number of thioether (sulfide) groups is 1. The standard InChI is InChI=1S/C30H22N4OS2/c35-29(22-16-14-20(15-17-22)19-36-30-33-26-12-6-7-13-27(26)37-30)34-31-18-24-23-10-4-5-11-25(23)32-28(24)21-8-2-1-3-9-21/h1-18,32H,19H2,(H,34,35). The smallest absolute Gasteiger partial charge is 0.271 e. The van der Waals surface area contributed by atoms with E-state index in [2.05, 4.69) is 38.7 Å². The number of aromatic amines is 1. The molecule has 6 rings (SSSR count). The van der Waals surface area contributed by atoms with Crippen molar-refractivity contribution < 1.29 is 4.79 Å². The van der Waals surface area contributed by atoms with Gasteiger partial charge in [0.25, 0.3) is 5.91 Å². The Balaban J connectivity index is 1.13. The third kappa shape index (κ3) is 5.05. The highest BCUT2D eigenvalue weighted by atomic mass is 32.2. The lowest BCUT2D eigenvalue weighted by Crippen LogP contribution is -2.17. The fourth-order valence-corrected chi connectivity index (χ4v) is 6.18. The second-order valence-corrected chi connectivity index (χ2v) is 10.7. The lowest BCUT2D eigenvalue weighted by atomic mass is 10.1. The third-order valence-electron chi connectivity index (χ3n) is 6.02. The van der Waals surface area contributed by atoms with Gasteiger partial charge in [-0.25, -0.2) is 10.4 Å². The molecular weight excluding hydrogens is 496 g/mol. The highest BCUT2D eigenvalue weighted by Gasteiger charge is 2.12. The summed E-state index contributed by atoms with van der Waals surface area (Å²) in [6.45, 7) is 0. The summed E-state index contributed by atoms with van der Waals surface area (Å²) in [4.78, 5) is 20.9. The Morgan fingerprint density at radius 1 is 0.919 bits per heavy atom.